The Morgan fingerprint density at radius 2 is 2.22 bits per heavy atom. The molecule has 0 aliphatic carbocycles. The quantitative estimate of drug-likeness (QED) is 0.910. The van der Waals surface area contributed by atoms with E-state index in [-0.39, 0.29) is 17.8 Å². The summed E-state index contributed by atoms with van der Waals surface area (Å²) in [5.74, 6) is 0.120. The fraction of sp³-hybridized carbons (Fsp3) is 0.412. The van der Waals surface area contributed by atoms with Gasteiger partial charge in [-0.1, -0.05) is 35.0 Å². The van der Waals surface area contributed by atoms with E-state index >= 15 is 0 Å². The van der Waals surface area contributed by atoms with Gasteiger partial charge in [0.05, 0.1) is 12.7 Å². The van der Waals surface area contributed by atoms with E-state index in [9.17, 15) is 4.79 Å². The van der Waals surface area contributed by atoms with Gasteiger partial charge in [0.1, 0.15) is 5.69 Å². The first-order chi connectivity index (χ1) is 11.2. The SMILES string of the molecule is Cc1ccc(-c2cc(C(=O)N3CCC(OCCN)C3)on2)cc1. The third-order valence-electron chi connectivity index (χ3n) is 3.97. The zero-order valence-corrected chi connectivity index (χ0v) is 13.2. The van der Waals surface area contributed by atoms with Gasteiger partial charge in [0.25, 0.3) is 5.91 Å². The van der Waals surface area contributed by atoms with E-state index in [1.54, 1.807) is 11.0 Å². The number of rotatable bonds is 5. The lowest BCUT2D eigenvalue weighted by molar-refractivity contribution is 0.0555. The van der Waals surface area contributed by atoms with Crippen molar-refractivity contribution in [1.82, 2.24) is 10.1 Å². The Bertz CT molecular complexity index is 666. The molecule has 2 N–H and O–H groups in total. The standard InChI is InChI=1S/C17H21N3O3/c1-12-2-4-13(5-3-12)15-10-16(23-19-15)17(21)20-8-6-14(11-20)22-9-7-18/h2-5,10,14H,6-9,11,18H2,1H3. The van der Waals surface area contributed by atoms with Crippen LogP contribution in [0.2, 0.25) is 0 Å². The van der Waals surface area contributed by atoms with E-state index in [4.69, 9.17) is 15.0 Å². The van der Waals surface area contributed by atoms with Crippen molar-refractivity contribution in [2.45, 2.75) is 19.4 Å². The second-order valence-corrected chi connectivity index (χ2v) is 5.76. The van der Waals surface area contributed by atoms with Crippen molar-refractivity contribution in [3.8, 4) is 11.3 Å². The summed E-state index contributed by atoms with van der Waals surface area (Å²) >= 11 is 0. The van der Waals surface area contributed by atoms with Crippen molar-refractivity contribution < 1.29 is 14.1 Å². The van der Waals surface area contributed by atoms with Crippen LogP contribution in [-0.4, -0.2) is 48.3 Å². The number of carbonyl (C=O) groups excluding carboxylic acids is 1. The lowest BCUT2D eigenvalue weighted by Crippen LogP contribution is -2.30. The summed E-state index contributed by atoms with van der Waals surface area (Å²) in [5.41, 5.74) is 8.21. The number of nitrogens with zero attached hydrogens (tertiary/aromatic N) is 2. The van der Waals surface area contributed by atoms with Gasteiger partial charge in [0.15, 0.2) is 0 Å². The van der Waals surface area contributed by atoms with Crippen molar-refractivity contribution >= 4 is 5.91 Å². The second kappa shape index (κ2) is 6.93. The van der Waals surface area contributed by atoms with Gasteiger partial charge in [-0.3, -0.25) is 4.79 Å². The van der Waals surface area contributed by atoms with Gasteiger partial charge in [-0.25, -0.2) is 0 Å². The van der Waals surface area contributed by atoms with Gasteiger partial charge < -0.3 is 19.9 Å². The number of nitrogens with two attached hydrogens (primary N) is 1. The molecule has 1 aliphatic rings. The van der Waals surface area contributed by atoms with Crippen LogP contribution in [0.3, 0.4) is 0 Å². The van der Waals surface area contributed by atoms with E-state index in [2.05, 4.69) is 5.16 Å². The van der Waals surface area contributed by atoms with E-state index in [1.165, 1.54) is 5.56 Å². The maximum atomic E-state index is 12.5. The first-order valence-corrected chi connectivity index (χ1v) is 7.82. The molecule has 1 unspecified atom stereocenters. The molecule has 2 heterocycles. The molecule has 1 aromatic heterocycles. The van der Waals surface area contributed by atoms with Crippen LogP contribution in [0.25, 0.3) is 11.3 Å². The molecule has 0 bridgehead atoms. The third-order valence-corrected chi connectivity index (χ3v) is 3.97. The molecule has 1 amide bonds. The van der Waals surface area contributed by atoms with Gasteiger partial charge in [-0.05, 0) is 13.3 Å². The van der Waals surface area contributed by atoms with Crippen LogP contribution in [0.4, 0.5) is 0 Å². The van der Waals surface area contributed by atoms with Gasteiger partial charge in [-0.15, -0.1) is 0 Å². The number of likely N-dealkylation sites (tertiary alicyclic amines) is 1. The highest BCUT2D eigenvalue weighted by Crippen LogP contribution is 2.22. The molecule has 122 valence electrons. The van der Waals surface area contributed by atoms with E-state index < -0.39 is 0 Å². The number of aromatic nitrogens is 1. The van der Waals surface area contributed by atoms with Gasteiger partial charge in [-0.2, -0.15) is 0 Å². The Hall–Kier alpha value is -2.18. The molecule has 2 aromatic rings. The number of hydrogen-bond acceptors (Lipinski definition) is 5. The summed E-state index contributed by atoms with van der Waals surface area (Å²) in [6.07, 6.45) is 0.882. The number of carbonyl (C=O) groups is 1. The van der Waals surface area contributed by atoms with Gasteiger partial charge in [0.2, 0.25) is 5.76 Å². The van der Waals surface area contributed by atoms with Crippen LogP contribution in [0.1, 0.15) is 22.5 Å². The van der Waals surface area contributed by atoms with Crippen molar-refractivity contribution in [2.75, 3.05) is 26.2 Å². The average molecular weight is 315 g/mol. The summed E-state index contributed by atoms with van der Waals surface area (Å²) in [7, 11) is 0. The molecule has 6 nitrogen and oxygen atoms in total. The van der Waals surface area contributed by atoms with Gasteiger partial charge >= 0.3 is 0 Å². The molecule has 0 spiro atoms. The van der Waals surface area contributed by atoms with Gasteiger partial charge in [0, 0.05) is 31.3 Å². The van der Waals surface area contributed by atoms with Crippen LogP contribution in [0.5, 0.6) is 0 Å². The summed E-state index contributed by atoms with van der Waals surface area (Å²) in [6, 6.07) is 9.64. The predicted molar refractivity (Wildman–Crippen MR) is 86.0 cm³/mol. The highest BCUT2D eigenvalue weighted by Gasteiger charge is 2.29. The fourth-order valence-corrected chi connectivity index (χ4v) is 2.68. The lowest BCUT2D eigenvalue weighted by Gasteiger charge is -2.14. The Morgan fingerprint density at radius 1 is 1.43 bits per heavy atom. The zero-order valence-electron chi connectivity index (χ0n) is 13.2. The number of benzene rings is 1. The Labute approximate surface area is 135 Å². The number of hydrogen-bond donors (Lipinski definition) is 1. The molecule has 6 heteroatoms. The van der Waals surface area contributed by atoms with Crippen molar-refractivity contribution in [3.63, 3.8) is 0 Å². The number of ether oxygens (including phenoxy) is 1. The molecule has 3 rings (SSSR count). The number of aryl methyl sites for hydroxylation is 1. The molecule has 23 heavy (non-hydrogen) atoms. The normalized spacial score (nSPS) is 17.7. The molecular formula is C17H21N3O3. The number of amides is 1. The van der Waals surface area contributed by atoms with E-state index in [1.807, 2.05) is 31.2 Å². The first-order valence-electron chi connectivity index (χ1n) is 7.82. The zero-order chi connectivity index (χ0) is 16.2. The van der Waals surface area contributed by atoms with E-state index in [0.717, 1.165) is 12.0 Å². The molecule has 0 radical (unpaired) electrons. The topological polar surface area (TPSA) is 81.6 Å². The van der Waals surface area contributed by atoms with Crippen LogP contribution in [-0.2, 0) is 4.74 Å². The Balaban J connectivity index is 1.66. The average Bonchev–Trinajstić information content (AvgIpc) is 3.22. The Morgan fingerprint density at radius 3 is 2.96 bits per heavy atom. The van der Waals surface area contributed by atoms with Crippen molar-refractivity contribution in [2.24, 2.45) is 5.73 Å². The molecule has 1 aliphatic heterocycles. The predicted octanol–water partition coefficient (Wildman–Crippen LogP) is 1.84. The maximum absolute atomic E-state index is 12.5. The largest absolute Gasteiger partial charge is 0.375 e. The minimum Gasteiger partial charge on any atom is -0.375 e. The molecule has 1 atom stereocenters. The highest BCUT2D eigenvalue weighted by molar-refractivity contribution is 5.92. The van der Waals surface area contributed by atoms with Crippen LogP contribution in [0, 0.1) is 6.92 Å². The Kier molecular flexibility index (Phi) is 4.73. The second-order valence-electron chi connectivity index (χ2n) is 5.76. The maximum Gasteiger partial charge on any atom is 0.292 e. The van der Waals surface area contributed by atoms with Crippen LogP contribution < -0.4 is 5.73 Å². The first kappa shape index (κ1) is 15.7. The molecule has 1 saturated heterocycles. The fourth-order valence-electron chi connectivity index (χ4n) is 2.68. The molecular weight excluding hydrogens is 294 g/mol. The molecule has 1 aromatic carbocycles. The summed E-state index contributed by atoms with van der Waals surface area (Å²) < 4.78 is 10.8. The minimum absolute atomic E-state index is 0.0574. The molecule has 0 saturated carbocycles. The highest BCUT2D eigenvalue weighted by atomic mass is 16.5. The summed E-state index contributed by atoms with van der Waals surface area (Å²) in [4.78, 5) is 14.2. The molecule has 1 fully saturated rings. The smallest absolute Gasteiger partial charge is 0.292 e. The van der Waals surface area contributed by atoms with Crippen LogP contribution >= 0.6 is 0 Å². The lowest BCUT2D eigenvalue weighted by atomic mass is 10.1. The minimum atomic E-state index is -0.144. The monoisotopic (exact) mass is 315 g/mol. The van der Waals surface area contributed by atoms with Crippen LogP contribution in [0.15, 0.2) is 34.9 Å². The van der Waals surface area contributed by atoms with Crippen molar-refractivity contribution in [3.05, 3.63) is 41.7 Å². The van der Waals surface area contributed by atoms with Crippen molar-refractivity contribution in [1.29, 1.82) is 0 Å². The summed E-state index contributed by atoms with van der Waals surface area (Å²) in [5, 5.41) is 4.01. The summed E-state index contributed by atoms with van der Waals surface area (Å²) in [6.45, 7) is 4.27. The third kappa shape index (κ3) is 3.60. The van der Waals surface area contributed by atoms with E-state index in [0.29, 0.717) is 31.9 Å².